The zero-order chi connectivity index (χ0) is 23.9. The lowest BCUT2D eigenvalue weighted by atomic mass is 9.98. The molecular weight excluding hydrogens is 440 g/mol. The Balaban J connectivity index is 1.38. The van der Waals surface area contributed by atoms with E-state index in [1.807, 2.05) is 42.6 Å². The van der Waals surface area contributed by atoms with Crippen molar-refractivity contribution in [2.24, 2.45) is 0 Å². The molecule has 0 unspecified atom stereocenters. The zero-order valence-electron chi connectivity index (χ0n) is 19.3. The maximum atomic E-state index is 5.01. The molecule has 0 N–H and O–H groups in total. The monoisotopic (exact) mass is 460 g/mol. The summed E-state index contributed by atoms with van der Waals surface area (Å²) in [5.41, 5.74) is 8.11. The Morgan fingerprint density at radius 1 is 0.389 bits per heavy atom. The Morgan fingerprint density at radius 2 is 0.972 bits per heavy atom. The van der Waals surface area contributed by atoms with Crippen LogP contribution in [0.2, 0.25) is 0 Å². The number of benzene rings is 5. The summed E-state index contributed by atoms with van der Waals surface area (Å²) >= 11 is 0. The number of nitrogens with zero attached hydrogens (tertiary/aromatic N) is 4. The van der Waals surface area contributed by atoms with Crippen LogP contribution in [-0.2, 0) is 0 Å². The van der Waals surface area contributed by atoms with Crippen molar-refractivity contribution in [3.8, 4) is 33.6 Å². The van der Waals surface area contributed by atoms with Gasteiger partial charge in [0.2, 0.25) is 0 Å². The van der Waals surface area contributed by atoms with Crippen molar-refractivity contribution in [1.82, 2.24) is 20.2 Å². The molecule has 0 saturated carbocycles. The molecule has 0 atom stereocenters. The van der Waals surface area contributed by atoms with Gasteiger partial charge in [0, 0.05) is 27.9 Å². The normalized spacial score (nSPS) is 11.3. The Hall–Kier alpha value is -4.96. The van der Waals surface area contributed by atoms with E-state index in [-0.39, 0.29) is 0 Å². The first-order chi connectivity index (χ1) is 17.8. The molecule has 2 aromatic heterocycles. The molecule has 0 aliphatic heterocycles. The molecular formula is C32H20N4. The van der Waals surface area contributed by atoms with Crippen molar-refractivity contribution in [2.75, 3.05) is 0 Å². The molecule has 4 heteroatoms. The molecule has 7 aromatic rings. The second-order valence-electron chi connectivity index (χ2n) is 8.81. The van der Waals surface area contributed by atoms with Crippen molar-refractivity contribution >= 4 is 32.7 Å². The number of fused-ring (bicyclic) bond motifs is 6. The molecule has 7 rings (SSSR count). The average Bonchev–Trinajstić information content (AvgIpc) is 2.98. The zero-order valence-corrected chi connectivity index (χ0v) is 19.3. The molecule has 2 heterocycles. The lowest BCUT2D eigenvalue weighted by Gasteiger charge is -2.10. The van der Waals surface area contributed by atoms with E-state index >= 15 is 0 Å². The SMILES string of the molecule is c1ccc(-c2cccc(-c3cccc(-c4nnc5c6ccccc6c6ncccc6c5n4)c3)c2)cc1. The highest BCUT2D eigenvalue weighted by molar-refractivity contribution is 6.21. The Kier molecular flexibility index (Phi) is 4.74. The third-order valence-electron chi connectivity index (χ3n) is 6.61. The Labute approximate surface area is 207 Å². The highest BCUT2D eigenvalue weighted by Gasteiger charge is 2.14. The number of aromatic nitrogens is 4. The third kappa shape index (κ3) is 3.39. The number of hydrogen-bond acceptors (Lipinski definition) is 4. The van der Waals surface area contributed by atoms with Crippen LogP contribution in [0.3, 0.4) is 0 Å². The van der Waals surface area contributed by atoms with E-state index in [4.69, 9.17) is 4.98 Å². The van der Waals surface area contributed by atoms with Crippen LogP contribution in [0.1, 0.15) is 0 Å². The summed E-state index contributed by atoms with van der Waals surface area (Å²) in [6, 6.07) is 39.5. The summed E-state index contributed by atoms with van der Waals surface area (Å²) in [6.07, 6.45) is 1.82. The Morgan fingerprint density at radius 3 is 1.75 bits per heavy atom. The van der Waals surface area contributed by atoms with Crippen LogP contribution in [0.4, 0.5) is 0 Å². The van der Waals surface area contributed by atoms with E-state index in [0.717, 1.165) is 49.4 Å². The molecule has 0 aliphatic carbocycles. The highest BCUT2D eigenvalue weighted by Crippen LogP contribution is 2.33. The quantitative estimate of drug-likeness (QED) is 0.253. The maximum Gasteiger partial charge on any atom is 0.182 e. The van der Waals surface area contributed by atoms with E-state index < -0.39 is 0 Å². The fourth-order valence-electron chi connectivity index (χ4n) is 4.87. The topological polar surface area (TPSA) is 51.6 Å². The van der Waals surface area contributed by atoms with Gasteiger partial charge in [0.15, 0.2) is 5.82 Å². The number of pyridine rings is 1. The van der Waals surface area contributed by atoms with E-state index in [0.29, 0.717) is 5.82 Å². The van der Waals surface area contributed by atoms with Crippen molar-refractivity contribution in [1.29, 1.82) is 0 Å². The van der Waals surface area contributed by atoms with Crippen LogP contribution in [0.15, 0.2) is 121 Å². The predicted octanol–water partition coefficient (Wildman–Crippen LogP) is 7.73. The lowest BCUT2D eigenvalue weighted by Crippen LogP contribution is -1.97. The van der Waals surface area contributed by atoms with Gasteiger partial charge in [0.1, 0.15) is 11.0 Å². The highest BCUT2D eigenvalue weighted by atomic mass is 15.2. The average molecular weight is 461 g/mol. The van der Waals surface area contributed by atoms with Gasteiger partial charge in [-0.25, -0.2) is 4.98 Å². The molecule has 0 bridgehead atoms. The van der Waals surface area contributed by atoms with E-state index in [9.17, 15) is 0 Å². The summed E-state index contributed by atoms with van der Waals surface area (Å²) in [7, 11) is 0. The van der Waals surface area contributed by atoms with Crippen LogP contribution in [0, 0.1) is 0 Å². The van der Waals surface area contributed by atoms with Crippen LogP contribution in [0.25, 0.3) is 66.4 Å². The Bertz CT molecular complexity index is 1860. The molecule has 0 radical (unpaired) electrons. The van der Waals surface area contributed by atoms with Gasteiger partial charge in [-0.2, -0.15) is 0 Å². The molecule has 36 heavy (non-hydrogen) atoms. The van der Waals surface area contributed by atoms with Crippen LogP contribution in [0.5, 0.6) is 0 Å². The van der Waals surface area contributed by atoms with Gasteiger partial charge >= 0.3 is 0 Å². The van der Waals surface area contributed by atoms with Crippen LogP contribution >= 0.6 is 0 Å². The first-order valence-corrected chi connectivity index (χ1v) is 11.9. The minimum Gasteiger partial charge on any atom is -0.256 e. The van der Waals surface area contributed by atoms with Crippen molar-refractivity contribution in [3.05, 3.63) is 121 Å². The summed E-state index contributed by atoms with van der Waals surface area (Å²) in [5, 5.41) is 12.3. The summed E-state index contributed by atoms with van der Waals surface area (Å²) in [5.74, 6) is 0.601. The summed E-state index contributed by atoms with van der Waals surface area (Å²) in [4.78, 5) is 9.67. The first-order valence-electron chi connectivity index (χ1n) is 11.9. The molecule has 0 saturated heterocycles. The van der Waals surface area contributed by atoms with Gasteiger partial charge in [-0.05, 0) is 46.5 Å². The lowest BCUT2D eigenvalue weighted by molar-refractivity contribution is 1.04. The molecule has 0 fully saturated rings. The largest absolute Gasteiger partial charge is 0.256 e. The number of rotatable bonds is 3. The minimum absolute atomic E-state index is 0.601. The molecule has 168 valence electrons. The van der Waals surface area contributed by atoms with Crippen LogP contribution < -0.4 is 0 Å². The van der Waals surface area contributed by atoms with Gasteiger partial charge in [-0.15, -0.1) is 10.2 Å². The first kappa shape index (κ1) is 20.4. The van der Waals surface area contributed by atoms with Crippen molar-refractivity contribution in [2.45, 2.75) is 0 Å². The van der Waals surface area contributed by atoms with Crippen LogP contribution in [-0.4, -0.2) is 20.2 Å². The molecule has 5 aromatic carbocycles. The van der Waals surface area contributed by atoms with Crippen molar-refractivity contribution in [3.63, 3.8) is 0 Å². The van der Waals surface area contributed by atoms with E-state index in [2.05, 4.69) is 94.0 Å². The predicted molar refractivity (Wildman–Crippen MR) is 146 cm³/mol. The fourth-order valence-corrected chi connectivity index (χ4v) is 4.87. The van der Waals surface area contributed by atoms with Gasteiger partial charge in [-0.1, -0.05) is 91.0 Å². The van der Waals surface area contributed by atoms with E-state index in [1.54, 1.807) is 0 Å². The summed E-state index contributed by atoms with van der Waals surface area (Å²) < 4.78 is 0. The second-order valence-corrected chi connectivity index (χ2v) is 8.81. The molecule has 0 amide bonds. The van der Waals surface area contributed by atoms with Crippen molar-refractivity contribution < 1.29 is 0 Å². The standard InChI is InChI=1S/C32H20N4/c1-2-9-21(10-3-1)22-11-6-12-23(19-22)24-13-7-14-25(20-24)32-34-30-28-17-8-18-33-29(28)26-15-4-5-16-27(26)31(30)35-36-32/h1-20H. The van der Waals surface area contributed by atoms with Gasteiger partial charge in [0.25, 0.3) is 0 Å². The minimum atomic E-state index is 0.601. The van der Waals surface area contributed by atoms with Gasteiger partial charge < -0.3 is 0 Å². The van der Waals surface area contributed by atoms with Gasteiger partial charge in [-0.3, -0.25) is 4.98 Å². The molecule has 0 aliphatic rings. The van der Waals surface area contributed by atoms with Gasteiger partial charge in [0.05, 0.1) is 5.52 Å². The third-order valence-corrected chi connectivity index (χ3v) is 6.61. The molecule has 4 nitrogen and oxygen atoms in total. The molecule has 0 spiro atoms. The van der Waals surface area contributed by atoms with E-state index in [1.165, 1.54) is 11.1 Å². The summed E-state index contributed by atoms with van der Waals surface area (Å²) in [6.45, 7) is 0. The number of hydrogen-bond donors (Lipinski definition) is 0. The smallest absolute Gasteiger partial charge is 0.182 e. The second kappa shape index (κ2) is 8.36. The maximum absolute atomic E-state index is 5.01. The fraction of sp³-hybridized carbons (Fsp3) is 0.